The third-order valence-electron chi connectivity index (χ3n) is 4.52. The summed E-state index contributed by atoms with van der Waals surface area (Å²) in [6, 6.07) is 6.95. The number of hydrogen-bond acceptors (Lipinski definition) is 5. The van der Waals surface area contributed by atoms with Crippen molar-refractivity contribution in [3.05, 3.63) is 34.6 Å². The zero-order chi connectivity index (χ0) is 17.8. The van der Waals surface area contributed by atoms with Gasteiger partial charge >= 0.3 is 0 Å². The van der Waals surface area contributed by atoms with Crippen molar-refractivity contribution >= 4 is 22.7 Å². The number of likely N-dealkylation sites (tertiary alicyclic amines) is 1. The quantitative estimate of drug-likeness (QED) is 0.853. The molecule has 0 saturated carbocycles. The number of carbonyl (C=O) groups is 2. The molecule has 0 bridgehead atoms. The molecular weight excluding hydrogens is 322 g/mol. The topological polar surface area (TPSA) is 97.2 Å². The summed E-state index contributed by atoms with van der Waals surface area (Å²) in [6.07, 6.45) is 1.68. The summed E-state index contributed by atoms with van der Waals surface area (Å²) in [5.74, 6) is 0.216. The Morgan fingerprint density at radius 3 is 2.68 bits per heavy atom. The first-order valence-corrected chi connectivity index (χ1v) is 8.39. The first-order valence-electron chi connectivity index (χ1n) is 8.39. The van der Waals surface area contributed by atoms with Crippen molar-refractivity contribution in [1.82, 2.24) is 25.2 Å². The van der Waals surface area contributed by atoms with E-state index in [-0.39, 0.29) is 23.9 Å². The summed E-state index contributed by atoms with van der Waals surface area (Å²) in [5.41, 5.74) is 0.217. The van der Waals surface area contributed by atoms with Gasteiger partial charge in [0.1, 0.15) is 12.1 Å². The summed E-state index contributed by atoms with van der Waals surface area (Å²) in [5, 5.41) is 11.1. The Morgan fingerprint density at radius 2 is 1.96 bits per heavy atom. The predicted octanol–water partition coefficient (Wildman–Crippen LogP) is 0.166. The van der Waals surface area contributed by atoms with E-state index in [1.54, 1.807) is 29.2 Å². The third kappa shape index (κ3) is 4.01. The summed E-state index contributed by atoms with van der Waals surface area (Å²) in [7, 11) is 0. The molecule has 0 atom stereocenters. The Morgan fingerprint density at radius 1 is 1.24 bits per heavy atom. The molecule has 0 aliphatic carbocycles. The average Bonchev–Trinajstić information content (AvgIpc) is 2.63. The minimum absolute atomic E-state index is 0.0345. The molecule has 8 heteroatoms. The van der Waals surface area contributed by atoms with E-state index >= 15 is 0 Å². The fourth-order valence-corrected chi connectivity index (χ4v) is 3.03. The zero-order valence-corrected chi connectivity index (χ0v) is 14.1. The lowest BCUT2D eigenvalue weighted by molar-refractivity contribution is -0.133. The van der Waals surface area contributed by atoms with Crippen molar-refractivity contribution in [2.75, 3.05) is 19.6 Å². The smallest absolute Gasteiger partial charge is 0.278 e. The number of hydrogen-bond donors (Lipinski definition) is 1. The normalized spacial score (nSPS) is 15.3. The minimum atomic E-state index is -0.306. The molecule has 1 aliphatic heterocycles. The molecule has 3 rings (SSSR count). The number of nitrogens with zero attached hydrogens (tertiary/aromatic N) is 4. The van der Waals surface area contributed by atoms with Gasteiger partial charge < -0.3 is 10.2 Å². The van der Waals surface area contributed by atoms with Crippen LogP contribution in [0.3, 0.4) is 0 Å². The molecule has 1 aromatic carbocycles. The van der Waals surface area contributed by atoms with Crippen LogP contribution in [0.15, 0.2) is 29.1 Å². The fourth-order valence-electron chi connectivity index (χ4n) is 3.03. The average molecular weight is 343 g/mol. The lowest BCUT2D eigenvalue weighted by atomic mass is 9.97. The van der Waals surface area contributed by atoms with Crippen LogP contribution >= 0.6 is 0 Å². The standard InChI is InChI=1S/C17H21N5O3/c1-12(23)18-10-13-6-8-21(9-7-13)16(24)11-22-17(25)14-4-2-3-5-15(14)19-20-22/h2-5,13H,6-11H2,1H3,(H,18,23). The molecule has 1 aromatic heterocycles. The van der Waals surface area contributed by atoms with Crippen molar-refractivity contribution in [1.29, 1.82) is 0 Å². The van der Waals surface area contributed by atoms with Crippen molar-refractivity contribution in [2.45, 2.75) is 26.3 Å². The van der Waals surface area contributed by atoms with Crippen molar-refractivity contribution in [2.24, 2.45) is 5.92 Å². The Bertz CT molecular complexity index is 840. The Kier molecular flexibility index (Phi) is 5.06. The number of aromatic nitrogens is 3. The number of fused-ring (bicyclic) bond motifs is 1. The van der Waals surface area contributed by atoms with Gasteiger partial charge in [0, 0.05) is 26.6 Å². The van der Waals surface area contributed by atoms with E-state index in [0.717, 1.165) is 17.5 Å². The van der Waals surface area contributed by atoms with Crippen LogP contribution in [0.4, 0.5) is 0 Å². The van der Waals surface area contributed by atoms with Gasteiger partial charge in [-0.2, -0.15) is 0 Å². The van der Waals surface area contributed by atoms with Crippen LogP contribution < -0.4 is 10.9 Å². The van der Waals surface area contributed by atoms with E-state index in [2.05, 4.69) is 15.6 Å². The number of piperidine rings is 1. The fraction of sp³-hybridized carbons (Fsp3) is 0.471. The van der Waals surface area contributed by atoms with Crippen LogP contribution in [0.25, 0.3) is 10.9 Å². The molecule has 0 unspecified atom stereocenters. The molecule has 0 radical (unpaired) electrons. The second kappa shape index (κ2) is 7.42. The van der Waals surface area contributed by atoms with Gasteiger partial charge in [0.25, 0.3) is 5.56 Å². The van der Waals surface area contributed by atoms with E-state index in [1.807, 2.05) is 0 Å². The van der Waals surface area contributed by atoms with Gasteiger partial charge in [0.15, 0.2) is 0 Å². The summed E-state index contributed by atoms with van der Waals surface area (Å²) < 4.78 is 1.12. The molecule has 8 nitrogen and oxygen atoms in total. The summed E-state index contributed by atoms with van der Waals surface area (Å²) in [4.78, 5) is 37.6. The van der Waals surface area contributed by atoms with Gasteiger partial charge in [0.05, 0.1) is 5.39 Å². The lowest BCUT2D eigenvalue weighted by Crippen LogP contribution is -2.44. The molecule has 2 amide bonds. The third-order valence-corrected chi connectivity index (χ3v) is 4.52. The van der Waals surface area contributed by atoms with E-state index in [9.17, 15) is 14.4 Å². The number of benzene rings is 1. The first-order chi connectivity index (χ1) is 12.0. The molecule has 1 N–H and O–H groups in total. The van der Waals surface area contributed by atoms with E-state index in [0.29, 0.717) is 36.5 Å². The second-order valence-electron chi connectivity index (χ2n) is 6.33. The van der Waals surface area contributed by atoms with Gasteiger partial charge in [0.2, 0.25) is 11.8 Å². The molecule has 1 saturated heterocycles. The predicted molar refractivity (Wildman–Crippen MR) is 91.8 cm³/mol. The second-order valence-corrected chi connectivity index (χ2v) is 6.33. The Balaban J connectivity index is 1.61. The van der Waals surface area contributed by atoms with Crippen LogP contribution in [0.5, 0.6) is 0 Å². The Hall–Kier alpha value is -2.77. The largest absolute Gasteiger partial charge is 0.356 e. The highest BCUT2D eigenvalue weighted by Gasteiger charge is 2.23. The van der Waals surface area contributed by atoms with Crippen LogP contribution in [0.1, 0.15) is 19.8 Å². The maximum absolute atomic E-state index is 12.5. The van der Waals surface area contributed by atoms with Gasteiger partial charge in [-0.3, -0.25) is 14.4 Å². The molecular formula is C17H21N5O3. The maximum atomic E-state index is 12.5. The van der Waals surface area contributed by atoms with Crippen LogP contribution in [-0.4, -0.2) is 51.3 Å². The van der Waals surface area contributed by atoms with Crippen LogP contribution in [0, 0.1) is 5.92 Å². The SMILES string of the molecule is CC(=O)NCC1CCN(C(=O)Cn2nnc3ccccc3c2=O)CC1. The minimum Gasteiger partial charge on any atom is -0.356 e. The van der Waals surface area contributed by atoms with E-state index in [4.69, 9.17) is 0 Å². The number of carbonyl (C=O) groups excluding carboxylic acids is 2. The number of rotatable bonds is 4. The highest BCUT2D eigenvalue weighted by Crippen LogP contribution is 2.16. The molecule has 2 aromatic rings. The summed E-state index contributed by atoms with van der Waals surface area (Å²) >= 11 is 0. The van der Waals surface area contributed by atoms with Crippen molar-refractivity contribution < 1.29 is 9.59 Å². The molecule has 132 valence electrons. The zero-order valence-electron chi connectivity index (χ0n) is 14.1. The monoisotopic (exact) mass is 343 g/mol. The van der Waals surface area contributed by atoms with Gasteiger partial charge in [-0.25, -0.2) is 4.68 Å². The summed E-state index contributed by atoms with van der Waals surface area (Å²) in [6.45, 7) is 3.29. The molecule has 25 heavy (non-hydrogen) atoms. The van der Waals surface area contributed by atoms with E-state index < -0.39 is 0 Å². The lowest BCUT2D eigenvalue weighted by Gasteiger charge is -2.32. The van der Waals surface area contributed by atoms with Crippen LogP contribution in [-0.2, 0) is 16.1 Å². The highest BCUT2D eigenvalue weighted by molar-refractivity contribution is 5.78. The van der Waals surface area contributed by atoms with Gasteiger partial charge in [-0.05, 0) is 30.9 Å². The van der Waals surface area contributed by atoms with Crippen LogP contribution in [0.2, 0.25) is 0 Å². The molecule has 2 heterocycles. The highest BCUT2D eigenvalue weighted by atomic mass is 16.2. The van der Waals surface area contributed by atoms with Crippen molar-refractivity contribution in [3.63, 3.8) is 0 Å². The first kappa shape index (κ1) is 17.1. The van der Waals surface area contributed by atoms with E-state index in [1.165, 1.54) is 6.92 Å². The Labute approximate surface area is 144 Å². The number of nitrogens with one attached hydrogen (secondary N) is 1. The van der Waals surface area contributed by atoms with Gasteiger partial charge in [-0.1, -0.05) is 17.3 Å². The van der Waals surface area contributed by atoms with Gasteiger partial charge in [-0.15, -0.1) is 5.10 Å². The molecule has 1 aliphatic rings. The molecule has 1 fully saturated rings. The number of amides is 2. The van der Waals surface area contributed by atoms with Crippen molar-refractivity contribution in [3.8, 4) is 0 Å². The molecule has 0 spiro atoms. The maximum Gasteiger partial charge on any atom is 0.278 e.